The summed E-state index contributed by atoms with van der Waals surface area (Å²) in [6.45, 7) is 11.7. The van der Waals surface area contributed by atoms with Gasteiger partial charge in [-0.15, -0.1) is 0 Å². The van der Waals surface area contributed by atoms with Crippen LogP contribution >= 0.6 is 0 Å². The Morgan fingerprint density at radius 2 is 1.67 bits per heavy atom. The molecule has 0 aliphatic carbocycles. The molecule has 140 valence electrons. The Morgan fingerprint density at radius 3 is 2.37 bits per heavy atom. The predicted molar refractivity (Wildman–Crippen MR) is 117 cm³/mol. The molecule has 0 aromatic heterocycles. The van der Waals surface area contributed by atoms with Crippen LogP contribution in [0.25, 0.3) is 6.08 Å². The van der Waals surface area contributed by atoms with Crippen LogP contribution in [0.15, 0.2) is 48.5 Å². The van der Waals surface area contributed by atoms with Gasteiger partial charge in [0.15, 0.2) is 5.71 Å². The van der Waals surface area contributed by atoms with Gasteiger partial charge in [-0.05, 0) is 50.1 Å². The van der Waals surface area contributed by atoms with Gasteiger partial charge in [0.1, 0.15) is 7.05 Å². The highest BCUT2D eigenvalue weighted by Gasteiger charge is 2.43. The Kier molecular flexibility index (Phi) is 3.89. The predicted octanol–water partition coefficient (Wildman–Crippen LogP) is 5.52. The topological polar surface area (TPSA) is 6.25 Å². The average molecular weight is 360 g/mol. The third kappa shape index (κ3) is 2.50. The summed E-state index contributed by atoms with van der Waals surface area (Å²) in [6, 6.07) is 16.1. The minimum atomic E-state index is 0.0204. The monoisotopic (exact) mass is 359 g/mol. The maximum atomic E-state index is 2.40. The van der Waals surface area contributed by atoms with Crippen molar-refractivity contribution in [1.82, 2.24) is 0 Å². The number of fused-ring (bicyclic) bond motifs is 2. The summed E-state index contributed by atoms with van der Waals surface area (Å²) in [5, 5.41) is 0. The molecular weight excluding hydrogens is 328 g/mol. The lowest BCUT2D eigenvalue weighted by molar-refractivity contribution is -0.401. The van der Waals surface area contributed by atoms with E-state index in [2.05, 4.69) is 113 Å². The zero-order valence-electron chi connectivity index (χ0n) is 17.7. The molecule has 2 heteroatoms. The fourth-order valence-corrected chi connectivity index (χ4v) is 4.88. The quantitative estimate of drug-likeness (QED) is 0.640. The van der Waals surface area contributed by atoms with Crippen molar-refractivity contribution in [3.8, 4) is 0 Å². The van der Waals surface area contributed by atoms with E-state index >= 15 is 0 Å². The van der Waals surface area contributed by atoms with Crippen LogP contribution < -0.4 is 4.90 Å². The molecule has 0 saturated heterocycles. The van der Waals surface area contributed by atoms with Crippen molar-refractivity contribution in [2.24, 2.45) is 0 Å². The molecule has 2 nitrogen and oxygen atoms in total. The van der Waals surface area contributed by atoms with E-state index in [1.807, 2.05) is 0 Å². The number of para-hydroxylation sites is 1. The largest absolute Gasteiger partial charge is 0.371 e. The van der Waals surface area contributed by atoms with E-state index in [9.17, 15) is 0 Å². The lowest BCUT2D eigenvalue weighted by Crippen LogP contribution is -2.36. The summed E-state index contributed by atoms with van der Waals surface area (Å²) in [7, 11) is 4.38. The van der Waals surface area contributed by atoms with Crippen LogP contribution in [-0.4, -0.2) is 30.4 Å². The van der Waals surface area contributed by atoms with Crippen LogP contribution in [-0.2, 0) is 10.8 Å². The Balaban J connectivity index is 1.72. The molecule has 0 fully saturated rings. The average Bonchev–Trinajstić information content (AvgIpc) is 2.94. The zero-order valence-corrected chi connectivity index (χ0v) is 17.7. The van der Waals surface area contributed by atoms with E-state index in [1.54, 1.807) is 0 Å². The number of anilines is 1. The summed E-state index contributed by atoms with van der Waals surface area (Å²) in [6.07, 6.45) is 4.58. The molecule has 2 heterocycles. The molecule has 0 unspecified atom stereocenters. The molecule has 0 amide bonds. The van der Waals surface area contributed by atoms with Gasteiger partial charge in [-0.1, -0.05) is 38.1 Å². The summed E-state index contributed by atoms with van der Waals surface area (Å²) in [5.74, 6) is 0. The van der Waals surface area contributed by atoms with Crippen molar-refractivity contribution < 1.29 is 4.58 Å². The first kappa shape index (κ1) is 18.0. The minimum absolute atomic E-state index is 0.0204. The number of hydrogen-bond donors (Lipinski definition) is 0. The van der Waals surface area contributed by atoms with Gasteiger partial charge in [-0.3, -0.25) is 0 Å². The molecule has 0 saturated carbocycles. The molecule has 0 bridgehead atoms. The SMILES string of the molecule is C[C@@H]1N(C)c2ccc(/C=C/C3=[N+](C)c4ccccc4C3(C)C)cc2C1(C)C. The summed E-state index contributed by atoms with van der Waals surface area (Å²) in [4.78, 5) is 2.40. The van der Waals surface area contributed by atoms with Crippen LogP contribution in [0.3, 0.4) is 0 Å². The van der Waals surface area contributed by atoms with Crippen molar-refractivity contribution in [3.63, 3.8) is 0 Å². The van der Waals surface area contributed by atoms with Crippen LogP contribution in [0.4, 0.5) is 11.4 Å². The summed E-state index contributed by atoms with van der Waals surface area (Å²) < 4.78 is 2.33. The maximum Gasteiger partial charge on any atom is 0.209 e. The number of benzene rings is 2. The van der Waals surface area contributed by atoms with E-state index in [0.29, 0.717) is 6.04 Å². The molecule has 2 aliphatic heterocycles. The smallest absolute Gasteiger partial charge is 0.209 e. The van der Waals surface area contributed by atoms with Gasteiger partial charge in [0.2, 0.25) is 5.69 Å². The van der Waals surface area contributed by atoms with Crippen molar-refractivity contribution in [1.29, 1.82) is 0 Å². The van der Waals surface area contributed by atoms with Gasteiger partial charge < -0.3 is 4.90 Å². The normalized spacial score (nSPS) is 22.5. The second-order valence-corrected chi connectivity index (χ2v) is 9.20. The Hall–Kier alpha value is -2.35. The van der Waals surface area contributed by atoms with Crippen LogP contribution in [0.2, 0.25) is 0 Å². The molecule has 4 rings (SSSR count). The van der Waals surface area contributed by atoms with Gasteiger partial charge in [-0.25, -0.2) is 0 Å². The van der Waals surface area contributed by atoms with Crippen molar-refractivity contribution >= 4 is 23.2 Å². The molecule has 0 N–H and O–H groups in total. The molecule has 27 heavy (non-hydrogen) atoms. The van der Waals surface area contributed by atoms with E-state index < -0.39 is 0 Å². The number of hydrogen-bond acceptors (Lipinski definition) is 1. The molecule has 2 aromatic rings. The first-order chi connectivity index (χ1) is 12.7. The zero-order chi connectivity index (χ0) is 19.6. The summed E-state index contributed by atoms with van der Waals surface area (Å²) in [5.41, 5.74) is 8.33. The third-order valence-electron chi connectivity index (χ3n) is 7.09. The Labute approximate surface area is 163 Å². The molecule has 0 spiro atoms. The fourth-order valence-electron chi connectivity index (χ4n) is 4.88. The second-order valence-electron chi connectivity index (χ2n) is 9.20. The van der Waals surface area contributed by atoms with Gasteiger partial charge in [0.05, 0.1) is 5.41 Å². The highest BCUT2D eigenvalue weighted by atomic mass is 15.2. The first-order valence-electron chi connectivity index (χ1n) is 9.92. The highest BCUT2D eigenvalue weighted by Crippen LogP contribution is 2.44. The van der Waals surface area contributed by atoms with Crippen molar-refractivity contribution in [2.75, 3.05) is 19.0 Å². The molecular formula is C25H31N2+. The van der Waals surface area contributed by atoms with E-state index in [0.717, 1.165) is 0 Å². The van der Waals surface area contributed by atoms with Crippen LogP contribution in [0, 0.1) is 0 Å². The minimum Gasteiger partial charge on any atom is -0.371 e. The van der Waals surface area contributed by atoms with E-state index in [4.69, 9.17) is 0 Å². The number of likely N-dealkylation sites (N-methyl/N-ethyl adjacent to an activating group) is 1. The number of allylic oxidation sites excluding steroid dienone is 1. The highest BCUT2D eigenvalue weighted by molar-refractivity contribution is 6.05. The lowest BCUT2D eigenvalue weighted by Gasteiger charge is -2.28. The molecule has 2 aromatic carbocycles. The second kappa shape index (κ2) is 5.82. The van der Waals surface area contributed by atoms with Gasteiger partial charge >= 0.3 is 0 Å². The van der Waals surface area contributed by atoms with Crippen LogP contribution in [0.1, 0.15) is 51.3 Å². The van der Waals surface area contributed by atoms with Crippen molar-refractivity contribution in [3.05, 3.63) is 65.2 Å². The number of nitrogens with zero attached hydrogens (tertiary/aromatic N) is 2. The third-order valence-corrected chi connectivity index (χ3v) is 7.09. The van der Waals surface area contributed by atoms with E-state index in [-0.39, 0.29) is 10.8 Å². The Morgan fingerprint density at radius 1 is 0.963 bits per heavy atom. The summed E-state index contributed by atoms with van der Waals surface area (Å²) >= 11 is 0. The lowest BCUT2D eigenvalue weighted by atomic mass is 9.80. The van der Waals surface area contributed by atoms with E-state index in [1.165, 1.54) is 33.8 Å². The molecule has 1 atom stereocenters. The van der Waals surface area contributed by atoms with Gasteiger partial charge in [0, 0.05) is 41.9 Å². The molecule has 0 radical (unpaired) electrons. The van der Waals surface area contributed by atoms with Crippen molar-refractivity contribution in [2.45, 2.75) is 51.5 Å². The van der Waals surface area contributed by atoms with Gasteiger partial charge in [-0.2, -0.15) is 4.58 Å². The van der Waals surface area contributed by atoms with Crippen LogP contribution in [0.5, 0.6) is 0 Å². The Bertz CT molecular complexity index is 976. The fraction of sp³-hybridized carbons (Fsp3) is 0.400. The molecule has 2 aliphatic rings. The van der Waals surface area contributed by atoms with Gasteiger partial charge in [0.25, 0.3) is 0 Å². The first-order valence-corrected chi connectivity index (χ1v) is 9.92. The number of rotatable bonds is 2. The maximum absolute atomic E-state index is 2.40. The standard InChI is InChI=1S/C25H31N2/c1-17-24(2,3)20-16-18(12-14-22(20)26(17)6)13-15-23-25(4,5)19-10-8-9-11-21(19)27(23)7/h8-17H,1-7H3/q+1/t17-/m0/s1.